The molecule has 0 unspecified atom stereocenters. The zero-order chi connectivity index (χ0) is 11.7. The van der Waals surface area contributed by atoms with E-state index >= 15 is 0 Å². The molecular formula is C10H5F3N2O. The number of nitrogens with zero attached hydrogens (tertiary/aromatic N) is 1. The Labute approximate surface area is 87.6 Å². The summed E-state index contributed by atoms with van der Waals surface area (Å²) in [7, 11) is 0. The maximum Gasteiger partial charge on any atom is 0.287 e. The zero-order valence-corrected chi connectivity index (χ0v) is 7.80. The molecule has 0 saturated carbocycles. The molecular weight excluding hydrogens is 221 g/mol. The monoisotopic (exact) mass is 226 g/mol. The molecule has 16 heavy (non-hydrogen) atoms. The van der Waals surface area contributed by atoms with E-state index in [0.29, 0.717) is 0 Å². The molecule has 1 heterocycles. The summed E-state index contributed by atoms with van der Waals surface area (Å²) in [5.74, 6) is -3.26. The number of rotatable bonds is 1. The minimum atomic E-state index is -1.31. The Bertz CT molecular complexity index is 575. The molecule has 1 aromatic heterocycles. The highest BCUT2D eigenvalue weighted by Crippen LogP contribution is 2.24. The molecule has 0 spiro atoms. The number of halogens is 3. The summed E-state index contributed by atoms with van der Waals surface area (Å²) in [6, 6.07) is 3.06. The van der Waals surface area contributed by atoms with Crippen LogP contribution in [0.5, 0.6) is 0 Å². The fraction of sp³-hybridized carbons (Fsp3) is 0. The summed E-state index contributed by atoms with van der Waals surface area (Å²) < 4.78 is 39.9. The van der Waals surface area contributed by atoms with Gasteiger partial charge < -0.3 is 4.98 Å². The maximum absolute atomic E-state index is 13.3. The normalized spacial score (nSPS) is 10.4. The Morgan fingerprint density at radius 1 is 1.12 bits per heavy atom. The van der Waals surface area contributed by atoms with Crippen LogP contribution in [0.2, 0.25) is 0 Å². The van der Waals surface area contributed by atoms with Crippen LogP contribution in [-0.2, 0) is 0 Å². The van der Waals surface area contributed by atoms with Crippen molar-refractivity contribution in [3.05, 3.63) is 52.3 Å². The van der Waals surface area contributed by atoms with Gasteiger partial charge >= 0.3 is 0 Å². The van der Waals surface area contributed by atoms with Gasteiger partial charge in [0.25, 0.3) is 5.56 Å². The van der Waals surface area contributed by atoms with Crippen molar-refractivity contribution in [1.82, 2.24) is 9.97 Å². The Balaban J connectivity index is 2.78. The van der Waals surface area contributed by atoms with Crippen molar-refractivity contribution in [2.24, 2.45) is 0 Å². The third-order valence-corrected chi connectivity index (χ3v) is 2.00. The summed E-state index contributed by atoms with van der Waals surface area (Å²) in [6.07, 6.45) is 0.882. The molecule has 0 aliphatic rings. The molecule has 0 aliphatic carbocycles. The van der Waals surface area contributed by atoms with Gasteiger partial charge in [-0.2, -0.15) is 4.39 Å². The van der Waals surface area contributed by atoms with E-state index in [2.05, 4.69) is 4.98 Å². The Morgan fingerprint density at radius 3 is 2.38 bits per heavy atom. The van der Waals surface area contributed by atoms with E-state index in [9.17, 15) is 18.0 Å². The minimum absolute atomic E-state index is 0.639. The quantitative estimate of drug-likeness (QED) is 0.806. The highest BCUT2D eigenvalue weighted by atomic mass is 19.1. The average Bonchev–Trinajstić information content (AvgIpc) is 2.24. The molecule has 1 N–H and O–H groups in total. The standard InChI is InChI=1S/C10H5F3N2O/c11-5-2-1-3-6(12)7(5)9-8(13)10(16)15-4-14-9/h1-4H,(H,14,15,16). The summed E-state index contributed by atoms with van der Waals surface area (Å²) in [6.45, 7) is 0. The molecule has 0 radical (unpaired) electrons. The lowest BCUT2D eigenvalue weighted by Gasteiger charge is -2.03. The topological polar surface area (TPSA) is 45.8 Å². The minimum Gasteiger partial charge on any atom is -0.311 e. The van der Waals surface area contributed by atoms with E-state index in [0.717, 1.165) is 24.5 Å². The number of benzene rings is 1. The van der Waals surface area contributed by atoms with Crippen LogP contribution in [0.4, 0.5) is 13.2 Å². The Hall–Kier alpha value is -2.11. The number of H-pyrrole nitrogens is 1. The molecule has 2 rings (SSSR count). The molecule has 82 valence electrons. The van der Waals surface area contributed by atoms with Crippen molar-refractivity contribution in [2.75, 3.05) is 0 Å². The van der Waals surface area contributed by atoms with Crippen LogP contribution in [0.15, 0.2) is 29.3 Å². The summed E-state index contributed by atoms with van der Waals surface area (Å²) in [4.78, 5) is 16.3. The second-order valence-corrected chi connectivity index (χ2v) is 2.99. The molecule has 0 bridgehead atoms. The van der Waals surface area contributed by atoms with Crippen molar-refractivity contribution in [1.29, 1.82) is 0 Å². The van der Waals surface area contributed by atoms with Gasteiger partial charge in [0.15, 0.2) is 0 Å². The predicted octanol–water partition coefficient (Wildman–Crippen LogP) is 1.85. The van der Waals surface area contributed by atoms with E-state index < -0.39 is 34.3 Å². The lowest BCUT2D eigenvalue weighted by molar-refractivity contribution is 0.573. The molecule has 0 fully saturated rings. The van der Waals surface area contributed by atoms with Crippen LogP contribution in [-0.4, -0.2) is 9.97 Å². The molecule has 6 heteroatoms. The van der Waals surface area contributed by atoms with Gasteiger partial charge in [0.2, 0.25) is 5.82 Å². The van der Waals surface area contributed by atoms with E-state index in [1.165, 1.54) is 0 Å². The van der Waals surface area contributed by atoms with Gasteiger partial charge in [-0.3, -0.25) is 4.79 Å². The third-order valence-electron chi connectivity index (χ3n) is 2.00. The second-order valence-electron chi connectivity index (χ2n) is 2.99. The van der Waals surface area contributed by atoms with Crippen molar-refractivity contribution >= 4 is 0 Å². The highest BCUT2D eigenvalue weighted by Gasteiger charge is 2.18. The van der Waals surface area contributed by atoms with E-state index in [1.807, 2.05) is 4.98 Å². The first-order chi connectivity index (χ1) is 7.61. The van der Waals surface area contributed by atoms with Gasteiger partial charge in [0.1, 0.15) is 17.3 Å². The van der Waals surface area contributed by atoms with Gasteiger partial charge in [0.05, 0.1) is 11.9 Å². The average molecular weight is 226 g/mol. The van der Waals surface area contributed by atoms with Gasteiger partial charge in [-0.05, 0) is 12.1 Å². The van der Waals surface area contributed by atoms with Crippen molar-refractivity contribution in [2.45, 2.75) is 0 Å². The van der Waals surface area contributed by atoms with Crippen molar-refractivity contribution in [3.8, 4) is 11.3 Å². The summed E-state index contributed by atoms with van der Waals surface area (Å²) >= 11 is 0. The van der Waals surface area contributed by atoms with Gasteiger partial charge in [-0.25, -0.2) is 13.8 Å². The van der Waals surface area contributed by atoms with Crippen molar-refractivity contribution in [3.63, 3.8) is 0 Å². The number of hydrogen-bond acceptors (Lipinski definition) is 2. The van der Waals surface area contributed by atoms with Gasteiger partial charge in [-0.15, -0.1) is 0 Å². The Kier molecular flexibility index (Phi) is 2.47. The molecule has 0 amide bonds. The molecule has 0 aliphatic heterocycles. The second kappa shape index (κ2) is 3.80. The van der Waals surface area contributed by atoms with Crippen LogP contribution >= 0.6 is 0 Å². The first kappa shape index (κ1) is 10.4. The Morgan fingerprint density at radius 2 is 1.75 bits per heavy atom. The molecule has 0 atom stereocenters. The number of nitrogens with one attached hydrogen (secondary N) is 1. The first-order valence-corrected chi connectivity index (χ1v) is 4.29. The third kappa shape index (κ3) is 1.58. The molecule has 1 aromatic carbocycles. The van der Waals surface area contributed by atoms with E-state index in [4.69, 9.17) is 0 Å². The molecule has 2 aromatic rings. The number of aromatic nitrogens is 2. The first-order valence-electron chi connectivity index (χ1n) is 4.29. The van der Waals surface area contributed by atoms with E-state index in [-0.39, 0.29) is 0 Å². The smallest absolute Gasteiger partial charge is 0.287 e. The number of hydrogen-bond donors (Lipinski definition) is 1. The van der Waals surface area contributed by atoms with Gasteiger partial charge in [-0.1, -0.05) is 6.07 Å². The predicted molar refractivity (Wildman–Crippen MR) is 50.2 cm³/mol. The van der Waals surface area contributed by atoms with E-state index in [1.54, 1.807) is 0 Å². The highest BCUT2D eigenvalue weighted by molar-refractivity contribution is 5.60. The largest absolute Gasteiger partial charge is 0.311 e. The SMILES string of the molecule is O=c1[nH]cnc(-c2c(F)cccc2F)c1F. The lowest BCUT2D eigenvalue weighted by atomic mass is 10.1. The van der Waals surface area contributed by atoms with Crippen LogP contribution in [0, 0.1) is 17.5 Å². The fourth-order valence-electron chi connectivity index (χ4n) is 1.28. The maximum atomic E-state index is 13.3. The fourth-order valence-corrected chi connectivity index (χ4v) is 1.28. The van der Waals surface area contributed by atoms with Crippen LogP contribution in [0.25, 0.3) is 11.3 Å². The molecule has 3 nitrogen and oxygen atoms in total. The summed E-state index contributed by atoms with van der Waals surface area (Å²) in [5.41, 5.74) is -2.36. The van der Waals surface area contributed by atoms with Crippen LogP contribution < -0.4 is 5.56 Å². The van der Waals surface area contributed by atoms with Crippen LogP contribution in [0.1, 0.15) is 0 Å². The van der Waals surface area contributed by atoms with Crippen LogP contribution in [0.3, 0.4) is 0 Å². The number of aromatic amines is 1. The summed E-state index contributed by atoms with van der Waals surface area (Å²) in [5, 5.41) is 0. The zero-order valence-electron chi connectivity index (χ0n) is 7.80. The lowest BCUT2D eigenvalue weighted by Crippen LogP contribution is -2.13. The van der Waals surface area contributed by atoms with Crippen molar-refractivity contribution < 1.29 is 13.2 Å². The molecule has 0 saturated heterocycles. The van der Waals surface area contributed by atoms with Gasteiger partial charge in [0, 0.05) is 0 Å².